The number of ether oxygens (including phenoxy) is 1. The quantitative estimate of drug-likeness (QED) is 0.521. The molecular formula is C22H27ClN4O3. The molecule has 2 aromatic rings. The minimum absolute atomic E-state index is 0.464. The van der Waals surface area contributed by atoms with Crippen LogP contribution in [0.15, 0.2) is 48.5 Å². The zero-order chi connectivity index (χ0) is 21.3. The molecule has 0 aromatic heterocycles. The van der Waals surface area contributed by atoms with Gasteiger partial charge >= 0.3 is 11.8 Å². The van der Waals surface area contributed by atoms with Gasteiger partial charge in [-0.1, -0.05) is 11.6 Å². The van der Waals surface area contributed by atoms with Crippen LogP contribution in [0.5, 0.6) is 5.75 Å². The molecule has 8 heteroatoms. The van der Waals surface area contributed by atoms with Crippen molar-refractivity contribution in [1.82, 2.24) is 10.2 Å². The number of nitrogens with one attached hydrogen (secondary N) is 2. The molecule has 1 aliphatic rings. The van der Waals surface area contributed by atoms with E-state index in [1.54, 1.807) is 31.4 Å². The van der Waals surface area contributed by atoms with Gasteiger partial charge in [0.2, 0.25) is 0 Å². The van der Waals surface area contributed by atoms with Gasteiger partial charge in [0.25, 0.3) is 0 Å². The highest BCUT2D eigenvalue weighted by Gasteiger charge is 2.17. The Hall–Kier alpha value is -2.77. The number of piperazine rings is 1. The molecule has 2 aromatic carbocycles. The fourth-order valence-corrected chi connectivity index (χ4v) is 3.45. The molecule has 1 heterocycles. The number of halogens is 1. The third kappa shape index (κ3) is 6.37. The summed E-state index contributed by atoms with van der Waals surface area (Å²) in [7, 11) is 1.67. The van der Waals surface area contributed by atoms with E-state index >= 15 is 0 Å². The highest BCUT2D eigenvalue weighted by molar-refractivity contribution is 6.39. The first-order valence-corrected chi connectivity index (χ1v) is 10.4. The lowest BCUT2D eigenvalue weighted by Gasteiger charge is -2.36. The van der Waals surface area contributed by atoms with Crippen LogP contribution in [-0.4, -0.2) is 63.1 Å². The summed E-state index contributed by atoms with van der Waals surface area (Å²) in [5, 5.41) is 5.80. The molecule has 0 radical (unpaired) electrons. The summed E-state index contributed by atoms with van der Waals surface area (Å²) in [4.78, 5) is 28.6. The number of benzene rings is 2. The second-order valence-corrected chi connectivity index (χ2v) is 7.53. The molecule has 1 fully saturated rings. The highest BCUT2D eigenvalue weighted by atomic mass is 35.5. The lowest BCUT2D eigenvalue weighted by Crippen LogP contribution is -2.47. The van der Waals surface area contributed by atoms with Gasteiger partial charge in [-0.15, -0.1) is 0 Å². The van der Waals surface area contributed by atoms with E-state index in [9.17, 15) is 9.59 Å². The number of amides is 2. The van der Waals surface area contributed by atoms with Gasteiger partial charge in [-0.2, -0.15) is 0 Å². The maximum atomic E-state index is 11.9. The Kier molecular flexibility index (Phi) is 7.93. The fraction of sp³-hybridized carbons (Fsp3) is 0.364. The second-order valence-electron chi connectivity index (χ2n) is 7.10. The lowest BCUT2D eigenvalue weighted by molar-refractivity contribution is -0.136. The molecule has 30 heavy (non-hydrogen) atoms. The van der Waals surface area contributed by atoms with Crippen molar-refractivity contribution in [3.05, 3.63) is 53.6 Å². The maximum absolute atomic E-state index is 11.9. The third-order valence-electron chi connectivity index (χ3n) is 5.05. The van der Waals surface area contributed by atoms with Crippen LogP contribution in [0.25, 0.3) is 0 Å². The van der Waals surface area contributed by atoms with E-state index in [1.165, 1.54) is 5.69 Å². The fourth-order valence-electron chi connectivity index (χ4n) is 3.33. The van der Waals surface area contributed by atoms with Gasteiger partial charge < -0.3 is 20.3 Å². The maximum Gasteiger partial charge on any atom is 0.313 e. The Morgan fingerprint density at radius 1 is 0.967 bits per heavy atom. The molecule has 1 saturated heterocycles. The standard InChI is InChI=1S/C22H27ClN4O3/c1-30-20-9-7-19(8-10-20)27-15-13-26(14-16-27)12-2-11-24-21(28)22(29)25-18-5-3-17(23)4-6-18/h3-10H,2,11-16H2,1H3,(H,24,28)(H,25,29). The van der Waals surface area contributed by atoms with Crippen LogP contribution in [-0.2, 0) is 9.59 Å². The first kappa shape index (κ1) is 21.9. The summed E-state index contributed by atoms with van der Waals surface area (Å²) in [5.74, 6) is -0.444. The molecular weight excluding hydrogens is 404 g/mol. The zero-order valence-electron chi connectivity index (χ0n) is 17.1. The van der Waals surface area contributed by atoms with Crippen molar-refractivity contribution in [2.24, 2.45) is 0 Å². The zero-order valence-corrected chi connectivity index (χ0v) is 17.8. The molecule has 3 rings (SSSR count). The summed E-state index contributed by atoms with van der Waals surface area (Å²) in [5.41, 5.74) is 1.74. The average molecular weight is 431 g/mol. The average Bonchev–Trinajstić information content (AvgIpc) is 2.78. The van der Waals surface area contributed by atoms with Crippen LogP contribution >= 0.6 is 11.6 Å². The summed E-state index contributed by atoms with van der Waals surface area (Å²) >= 11 is 5.81. The van der Waals surface area contributed by atoms with Crippen molar-refractivity contribution in [3.8, 4) is 5.75 Å². The first-order valence-electron chi connectivity index (χ1n) is 10.0. The molecule has 0 bridgehead atoms. The SMILES string of the molecule is COc1ccc(N2CCN(CCCNC(=O)C(=O)Nc3ccc(Cl)cc3)CC2)cc1. The molecule has 7 nitrogen and oxygen atoms in total. The van der Waals surface area contributed by atoms with Gasteiger partial charge in [0, 0.05) is 49.1 Å². The molecule has 0 saturated carbocycles. The Labute approximate surface area is 181 Å². The number of carbonyl (C=O) groups excluding carboxylic acids is 2. The highest BCUT2D eigenvalue weighted by Crippen LogP contribution is 2.20. The van der Waals surface area contributed by atoms with Crippen LogP contribution < -0.4 is 20.3 Å². The van der Waals surface area contributed by atoms with Crippen LogP contribution in [0.2, 0.25) is 5.02 Å². The monoisotopic (exact) mass is 430 g/mol. The van der Waals surface area contributed by atoms with Gasteiger partial charge in [0.15, 0.2) is 0 Å². The number of methoxy groups -OCH3 is 1. The van der Waals surface area contributed by atoms with E-state index in [0.29, 0.717) is 17.3 Å². The molecule has 1 aliphatic heterocycles. The van der Waals surface area contributed by atoms with Crippen LogP contribution in [0.1, 0.15) is 6.42 Å². The van der Waals surface area contributed by atoms with E-state index in [2.05, 4.69) is 32.6 Å². The van der Waals surface area contributed by atoms with E-state index < -0.39 is 11.8 Å². The number of nitrogens with zero attached hydrogens (tertiary/aromatic N) is 2. The first-order chi connectivity index (χ1) is 14.5. The Bertz CT molecular complexity index is 834. The Balaban J connectivity index is 1.31. The third-order valence-corrected chi connectivity index (χ3v) is 5.31. The topological polar surface area (TPSA) is 73.9 Å². The van der Waals surface area contributed by atoms with Crippen molar-refractivity contribution in [1.29, 1.82) is 0 Å². The molecule has 0 spiro atoms. The van der Waals surface area contributed by atoms with Gasteiger partial charge in [-0.25, -0.2) is 0 Å². The lowest BCUT2D eigenvalue weighted by atomic mass is 10.2. The largest absolute Gasteiger partial charge is 0.497 e. The Morgan fingerprint density at radius 3 is 2.27 bits per heavy atom. The minimum atomic E-state index is -0.676. The number of carbonyl (C=O) groups is 2. The number of hydrogen-bond acceptors (Lipinski definition) is 5. The molecule has 0 unspecified atom stereocenters. The molecule has 2 N–H and O–H groups in total. The van der Waals surface area contributed by atoms with E-state index in [1.807, 2.05) is 12.1 Å². The predicted molar refractivity (Wildman–Crippen MR) is 119 cm³/mol. The summed E-state index contributed by atoms with van der Waals surface area (Å²) in [6.07, 6.45) is 0.794. The van der Waals surface area contributed by atoms with Gasteiger partial charge in [0.05, 0.1) is 7.11 Å². The minimum Gasteiger partial charge on any atom is -0.497 e. The summed E-state index contributed by atoms with van der Waals surface area (Å²) in [6, 6.07) is 14.7. The van der Waals surface area contributed by atoms with Gasteiger partial charge in [-0.3, -0.25) is 14.5 Å². The van der Waals surface area contributed by atoms with Crippen molar-refractivity contribution in [2.75, 3.05) is 56.6 Å². The smallest absolute Gasteiger partial charge is 0.313 e. The van der Waals surface area contributed by atoms with Crippen LogP contribution in [0, 0.1) is 0 Å². The number of rotatable bonds is 7. The van der Waals surface area contributed by atoms with Gasteiger partial charge in [0.1, 0.15) is 5.75 Å². The molecule has 0 atom stereocenters. The van der Waals surface area contributed by atoms with E-state index in [4.69, 9.17) is 16.3 Å². The number of anilines is 2. The van der Waals surface area contributed by atoms with Crippen molar-refractivity contribution in [3.63, 3.8) is 0 Å². The normalized spacial score (nSPS) is 14.3. The van der Waals surface area contributed by atoms with Crippen molar-refractivity contribution < 1.29 is 14.3 Å². The Morgan fingerprint density at radius 2 is 1.63 bits per heavy atom. The summed E-state index contributed by atoms with van der Waals surface area (Å²) in [6.45, 7) is 5.21. The summed E-state index contributed by atoms with van der Waals surface area (Å²) < 4.78 is 5.21. The van der Waals surface area contributed by atoms with E-state index in [-0.39, 0.29) is 0 Å². The van der Waals surface area contributed by atoms with E-state index in [0.717, 1.165) is 44.9 Å². The van der Waals surface area contributed by atoms with Crippen molar-refractivity contribution in [2.45, 2.75) is 6.42 Å². The molecule has 0 aliphatic carbocycles. The molecule has 160 valence electrons. The van der Waals surface area contributed by atoms with Crippen molar-refractivity contribution >= 4 is 34.8 Å². The van der Waals surface area contributed by atoms with Crippen LogP contribution in [0.3, 0.4) is 0 Å². The van der Waals surface area contributed by atoms with Crippen LogP contribution in [0.4, 0.5) is 11.4 Å². The second kappa shape index (κ2) is 10.8. The predicted octanol–water partition coefficient (Wildman–Crippen LogP) is 2.62. The van der Waals surface area contributed by atoms with Gasteiger partial charge in [-0.05, 0) is 61.5 Å². The molecule has 2 amide bonds. The number of hydrogen-bond donors (Lipinski definition) is 2.